The zero-order valence-corrected chi connectivity index (χ0v) is 16.7. The maximum atomic E-state index is 3.61. The number of hydrogen-bond donors (Lipinski definition) is 1. The summed E-state index contributed by atoms with van der Waals surface area (Å²) in [7, 11) is 0. The number of rotatable bonds is 7. The van der Waals surface area contributed by atoms with E-state index in [0.29, 0.717) is 0 Å². The second kappa shape index (κ2) is 9.51. The first-order chi connectivity index (χ1) is 12.7. The average Bonchev–Trinajstić information content (AvgIpc) is 2.69. The molecule has 2 heteroatoms. The second-order valence-corrected chi connectivity index (χ2v) is 7.30. The van der Waals surface area contributed by atoms with E-state index in [4.69, 9.17) is 0 Å². The Morgan fingerprint density at radius 2 is 1.62 bits per heavy atom. The standard InChI is InChI=1S/C24H24BrN/c1-19(14-16-26-17-15-20-8-4-2-5-9-20)24-18-22(25)12-13-23(24)21-10-6-3-7-11-21/h2-14,18,26H,15-17H2,1H3. The van der Waals surface area contributed by atoms with Gasteiger partial charge in [-0.15, -0.1) is 0 Å². The predicted molar refractivity (Wildman–Crippen MR) is 116 cm³/mol. The van der Waals surface area contributed by atoms with Crippen LogP contribution < -0.4 is 5.32 Å². The lowest BCUT2D eigenvalue weighted by Gasteiger charge is -2.12. The van der Waals surface area contributed by atoms with Gasteiger partial charge in [-0.3, -0.25) is 0 Å². The zero-order chi connectivity index (χ0) is 18.2. The molecule has 0 aliphatic carbocycles. The molecule has 0 aliphatic rings. The fraction of sp³-hybridized carbons (Fsp3) is 0.167. The molecule has 0 bridgehead atoms. The van der Waals surface area contributed by atoms with Crippen molar-refractivity contribution in [2.45, 2.75) is 13.3 Å². The topological polar surface area (TPSA) is 12.0 Å². The summed E-state index contributed by atoms with van der Waals surface area (Å²) in [6.45, 7) is 4.05. The molecule has 0 atom stereocenters. The van der Waals surface area contributed by atoms with Crippen molar-refractivity contribution in [2.75, 3.05) is 13.1 Å². The monoisotopic (exact) mass is 405 g/mol. The van der Waals surface area contributed by atoms with Crippen LogP contribution in [0.15, 0.2) is 89.4 Å². The lowest BCUT2D eigenvalue weighted by Crippen LogP contribution is -2.17. The van der Waals surface area contributed by atoms with E-state index in [-0.39, 0.29) is 0 Å². The highest BCUT2D eigenvalue weighted by Gasteiger charge is 2.07. The Balaban J connectivity index is 1.66. The van der Waals surface area contributed by atoms with Gasteiger partial charge in [0, 0.05) is 11.0 Å². The molecule has 26 heavy (non-hydrogen) atoms. The van der Waals surface area contributed by atoms with E-state index >= 15 is 0 Å². The minimum absolute atomic E-state index is 0.874. The van der Waals surface area contributed by atoms with Crippen molar-refractivity contribution in [1.82, 2.24) is 5.32 Å². The van der Waals surface area contributed by atoms with Crippen molar-refractivity contribution < 1.29 is 0 Å². The number of halogens is 1. The van der Waals surface area contributed by atoms with E-state index in [1.165, 1.54) is 27.8 Å². The molecule has 3 rings (SSSR count). The van der Waals surface area contributed by atoms with Crippen LogP contribution in [0.5, 0.6) is 0 Å². The summed E-state index contributed by atoms with van der Waals surface area (Å²) in [6.07, 6.45) is 3.33. The van der Waals surface area contributed by atoms with Gasteiger partial charge >= 0.3 is 0 Å². The van der Waals surface area contributed by atoms with Gasteiger partial charge in [0.2, 0.25) is 0 Å². The molecule has 0 saturated heterocycles. The van der Waals surface area contributed by atoms with Crippen LogP contribution in [0.3, 0.4) is 0 Å². The van der Waals surface area contributed by atoms with Gasteiger partial charge in [-0.25, -0.2) is 0 Å². The van der Waals surface area contributed by atoms with E-state index in [9.17, 15) is 0 Å². The van der Waals surface area contributed by atoms with Gasteiger partial charge < -0.3 is 5.32 Å². The van der Waals surface area contributed by atoms with Crippen LogP contribution in [0.1, 0.15) is 18.1 Å². The Kier molecular flexibility index (Phi) is 6.82. The number of nitrogens with one attached hydrogen (secondary N) is 1. The molecule has 0 saturated carbocycles. The molecular formula is C24H24BrN. The van der Waals surface area contributed by atoms with Crippen molar-refractivity contribution in [1.29, 1.82) is 0 Å². The number of hydrogen-bond acceptors (Lipinski definition) is 1. The molecule has 0 unspecified atom stereocenters. The Morgan fingerprint density at radius 3 is 2.35 bits per heavy atom. The van der Waals surface area contributed by atoms with Gasteiger partial charge in [-0.2, -0.15) is 0 Å². The third-order valence-corrected chi connectivity index (χ3v) is 4.97. The largest absolute Gasteiger partial charge is 0.313 e. The van der Waals surface area contributed by atoms with Gasteiger partial charge in [0.15, 0.2) is 0 Å². The summed E-state index contributed by atoms with van der Waals surface area (Å²) in [6, 6.07) is 27.7. The van der Waals surface area contributed by atoms with Crippen LogP contribution >= 0.6 is 15.9 Å². The van der Waals surface area contributed by atoms with Gasteiger partial charge in [0.25, 0.3) is 0 Å². The summed E-state index contributed by atoms with van der Waals surface area (Å²) in [5.74, 6) is 0. The first-order valence-corrected chi connectivity index (χ1v) is 9.80. The quantitative estimate of drug-likeness (QED) is 0.451. The smallest absolute Gasteiger partial charge is 0.0181 e. The molecule has 3 aromatic carbocycles. The van der Waals surface area contributed by atoms with Gasteiger partial charge in [-0.1, -0.05) is 88.7 Å². The zero-order valence-electron chi connectivity index (χ0n) is 15.1. The maximum Gasteiger partial charge on any atom is 0.0181 e. The SMILES string of the molecule is CC(=CCNCCc1ccccc1)c1cc(Br)ccc1-c1ccccc1. The van der Waals surface area contributed by atoms with Crippen molar-refractivity contribution in [3.8, 4) is 11.1 Å². The summed E-state index contributed by atoms with van der Waals surface area (Å²) in [4.78, 5) is 0. The summed E-state index contributed by atoms with van der Waals surface area (Å²) in [5, 5.41) is 3.52. The number of allylic oxidation sites excluding steroid dienone is 1. The normalized spacial score (nSPS) is 11.5. The van der Waals surface area contributed by atoms with Crippen LogP contribution in [-0.2, 0) is 6.42 Å². The van der Waals surface area contributed by atoms with Crippen LogP contribution in [0.4, 0.5) is 0 Å². The molecule has 3 aromatic rings. The molecule has 0 aromatic heterocycles. The molecule has 0 amide bonds. The molecule has 1 N–H and O–H groups in total. The third kappa shape index (κ3) is 5.17. The van der Waals surface area contributed by atoms with E-state index in [0.717, 1.165) is 24.0 Å². The fourth-order valence-corrected chi connectivity index (χ4v) is 3.39. The Labute approximate surface area is 164 Å². The van der Waals surface area contributed by atoms with E-state index in [2.05, 4.69) is 113 Å². The Bertz CT molecular complexity index is 854. The van der Waals surface area contributed by atoms with Crippen LogP contribution in [0.25, 0.3) is 16.7 Å². The molecule has 132 valence electrons. The molecule has 0 radical (unpaired) electrons. The molecule has 0 fully saturated rings. The third-order valence-electron chi connectivity index (χ3n) is 4.48. The highest BCUT2D eigenvalue weighted by atomic mass is 79.9. The summed E-state index contributed by atoms with van der Waals surface area (Å²) < 4.78 is 1.11. The van der Waals surface area contributed by atoms with Gasteiger partial charge in [-0.05, 0) is 59.8 Å². The van der Waals surface area contributed by atoms with Crippen LogP contribution in [0.2, 0.25) is 0 Å². The molecular weight excluding hydrogens is 382 g/mol. The fourth-order valence-electron chi connectivity index (χ4n) is 3.03. The average molecular weight is 406 g/mol. The first kappa shape index (κ1) is 18.6. The minimum Gasteiger partial charge on any atom is -0.313 e. The number of benzene rings is 3. The second-order valence-electron chi connectivity index (χ2n) is 6.38. The summed E-state index contributed by atoms with van der Waals surface area (Å²) >= 11 is 3.61. The minimum atomic E-state index is 0.874. The molecule has 0 spiro atoms. The highest BCUT2D eigenvalue weighted by Crippen LogP contribution is 2.31. The van der Waals surface area contributed by atoms with Gasteiger partial charge in [0.1, 0.15) is 0 Å². The van der Waals surface area contributed by atoms with E-state index in [1.807, 2.05) is 0 Å². The lowest BCUT2D eigenvalue weighted by molar-refractivity contribution is 0.745. The van der Waals surface area contributed by atoms with Crippen LogP contribution in [-0.4, -0.2) is 13.1 Å². The van der Waals surface area contributed by atoms with Crippen LogP contribution in [0, 0.1) is 0 Å². The Morgan fingerprint density at radius 1 is 0.923 bits per heavy atom. The summed E-state index contributed by atoms with van der Waals surface area (Å²) in [5.41, 5.74) is 6.46. The molecule has 0 heterocycles. The van der Waals surface area contributed by atoms with Gasteiger partial charge in [0.05, 0.1) is 0 Å². The van der Waals surface area contributed by atoms with E-state index < -0.39 is 0 Å². The van der Waals surface area contributed by atoms with E-state index in [1.54, 1.807) is 0 Å². The molecule has 0 aliphatic heterocycles. The van der Waals surface area contributed by atoms with Crippen molar-refractivity contribution in [2.24, 2.45) is 0 Å². The lowest BCUT2D eigenvalue weighted by atomic mass is 9.95. The predicted octanol–water partition coefficient (Wildman–Crippen LogP) is 6.35. The molecule has 1 nitrogen and oxygen atoms in total. The Hall–Kier alpha value is -2.16. The highest BCUT2D eigenvalue weighted by molar-refractivity contribution is 9.10. The van der Waals surface area contributed by atoms with Crippen molar-refractivity contribution >= 4 is 21.5 Å². The maximum absolute atomic E-state index is 3.61. The van der Waals surface area contributed by atoms with Crippen molar-refractivity contribution in [3.05, 3.63) is 101 Å². The van der Waals surface area contributed by atoms with Crippen molar-refractivity contribution in [3.63, 3.8) is 0 Å². The first-order valence-electron chi connectivity index (χ1n) is 9.01.